The second-order valence-electron chi connectivity index (χ2n) is 3.90. The molecule has 6 heteroatoms. The first-order chi connectivity index (χ1) is 8.58. The van der Waals surface area contributed by atoms with Crippen LogP contribution in [0.3, 0.4) is 0 Å². The fourth-order valence-electron chi connectivity index (χ4n) is 2.01. The minimum Gasteiger partial charge on any atom is -0.497 e. The van der Waals surface area contributed by atoms with Crippen molar-refractivity contribution in [2.75, 3.05) is 13.7 Å². The molecule has 1 heterocycles. The lowest BCUT2D eigenvalue weighted by Gasteiger charge is -2.24. The summed E-state index contributed by atoms with van der Waals surface area (Å²) < 4.78 is 6.07. The number of hydrogen-bond acceptors (Lipinski definition) is 3. The molecule has 0 radical (unpaired) electrons. The molecule has 0 fully saturated rings. The molecule has 1 atom stereocenters. The second kappa shape index (κ2) is 4.97. The summed E-state index contributed by atoms with van der Waals surface area (Å²) in [5.74, 6) is 1.03. The van der Waals surface area contributed by atoms with E-state index in [4.69, 9.17) is 10.5 Å². The topological polar surface area (TPSA) is 67.9 Å². The van der Waals surface area contributed by atoms with Crippen molar-refractivity contribution in [1.82, 2.24) is 4.90 Å². The lowest BCUT2D eigenvalue weighted by Crippen LogP contribution is -2.33. The molecule has 5 nitrogen and oxygen atoms in total. The van der Waals surface area contributed by atoms with Crippen LogP contribution in [0.4, 0.5) is 4.79 Å². The average Bonchev–Trinajstić information content (AvgIpc) is 2.64. The first kappa shape index (κ1) is 12.9. The summed E-state index contributed by atoms with van der Waals surface area (Å²) >= 11 is 3.47. The van der Waals surface area contributed by atoms with Crippen molar-refractivity contribution in [2.24, 2.45) is 10.7 Å². The fourth-order valence-corrected chi connectivity index (χ4v) is 2.47. The van der Waals surface area contributed by atoms with Gasteiger partial charge in [-0.15, -0.1) is 0 Å². The van der Waals surface area contributed by atoms with Crippen molar-refractivity contribution in [2.45, 2.75) is 13.0 Å². The number of carbonyl (C=O) groups excluding carboxylic acids is 1. The number of benzene rings is 1. The van der Waals surface area contributed by atoms with Gasteiger partial charge in [0.05, 0.1) is 7.11 Å². The first-order valence-corrected chi connectivity index (χ1v) is 6.35. The van der Waals surface area contributed by atoms with Gasteiger partial charge >= 0.3 is 6.03 Å². The number of aliphatic imine (C=N–C) groups is 1. The third kappa shape index (κ3) is 2.08. The van der Waals surface area contributed by atoms with Gasteiger partial charge in [0.2, 0.25) is 0 Å². The van der Waals surface area contributed by atoms with Crippen LogP contribution in [-0.4, -0.2) is 30.4 Å². The maximum absolute atomic E-state index is 11.7. The highest BCUT2D eigenvalue weighted by Gasteiger charge is 2.34. The van der Waals surface area contributed by atoms with Gasteiger partial charge < -0.3 is 15.4 Å². The molecule has 0 bridgehead atoms. The molecule has 18 heavy (non-hydrogen) atoms. The summed E-state index contributed by atoms with van der Waals surface area (Å²) in [4.78, 5) is 17.1. The van der Waals surface area contributed by atoms with Crippen LogP contribution < -0.4 is 10.5 Å². The summed E-state index contributed by atoms with van der Waals surface area (Å²) in [5.41, 5.74) is 6.73. The van der Waals surface area contributed by atoms with Crippen LogP contribution in [0.5, 0.6) is 5.75 Å². The first-order valence-electron chi connectivity index (χ1n) is 5.56. The highest BCUT2D eigenvalue weighted by Crippen LogP contribution is 2.34. The van der Waals surface area contributed by atoms with Gasteiger partial charge in [0.15, 0.2) is 0 Å². The van der Waals surface area contributed by atoms with Gasteiger partial charge in [0, 0.05) is 16.6 Å². The Morgan fingerprint density at radius 2 is 2.28 bits per heavy atom. The van der Waals surface area contributed by atoms with Gasteiger partial charge in [-0.2, -0.15) is 4.99 Å². The fraction of sp³-hybridized carbons (Fsp3) is 0.333. The number of ether oxygens (including phenoxy) is 1. The van der Waals surface area contributed by atoms with E-state index in [2.05, 4.69) is 20.9 Å². The molecule has 0 saturated carbocycles. The number of amidine groups is 1. The van der Waals surface area contributed by atoms with Gasteiger partial charge in [0.25, 0.3) is 0 Å². The smallest absolute Gasteiger partial charge is 0.346 e. The van der Waals surface area contributed by atoms with Gasteiger partial charge in [-0.05, 0) is 25.1 Å². The van der Waals surface area contributed by atoms with Crippen molar-refractivity contribution in [3.8, 4) is 5.75 Å². The number of hydrogen-bond donors (Lipinski definition) is 1. The average molecular weight is 312 g/mol. The van der Waals surface area contributed by atoms with E-state index in [0.29, 0.717) is 12.4 Å². The van der Waals surface area contributed by atoms with E-state index in [1.54, 1.807) is 12.0 Å². The van der Waals surface area contributed by atoms with Crippen LogP contribution in [-0.2, 0) is 0 Å². The van der Waals surface area contributed by atoms with Crippen LogP contribution >= 0.6 is 15.9 Å². The highest BCUT2D eigenvalue weighted by atomic mass is 79.9. The zero-order valence-electron chi connectivity index (χ0n) is 10.2. The second-order valence-corrected chi connectivity index (χ2v) is 4.75. The van der Waals surface area contributed by atoms with E-state index < -0.39 is 0 Å². The van der Waals surface area contributed by atoms with Crippen LogP contribution in [0.25, 0.3) is 0 Å². The van der Waals surface area contributed by atoms with Crippen molar-refractivity contribution >= 4 is 27.8 Å². The standard InChI is InChI=1S/C12H14BrN3O2/c1-3-16-10(11(14)15-12(16)17)8-6-7(18-2)4-5-9(8)13/h4-6,10H,3H2,1-2H3,(H2,14,15,17). The van der Waals surface area contributed by atoms with E-state index in [9.17, 15) is 4.79 Å². The molecule has 1 aliphatic heterocycles. The number of rotatable bonds is 3. The van der Waals surface area contributed by atoms with E-state index >= 15 is 0 Å². The van der Waals surface area contributed by atoms with Crippen LogP contribution in [0.15, 0.2) is 27.7 Å². The van der Waals surface area contributed by atoms with Gasteiger partial charge in [-0.1, -0.05) is 15.9 Å². The number of amides is 2. The zero-order chi connectivity index (χ0) is 13.3. The molecule has 0 aliphatic carbocycles. The summed E-state index contributed by atoms with van der Waals surface area (Å²) in [6, 6.07) is 4.95. The molecule has 1 aliphatic rings. The zero-order valence-corrected chi connectivity index (χ0v) is 11.8. The van der Waals surface area contributed by atoms with Gasteiger partial charge in [-0.25, -0.2) is 4.79 Å². The normalized spacial score (nSPS) is 19.1. The largest absolute Gasteiger partial charge is 0.497 e. The minimum atomic E-state index is -0.327. The molecule has 0 spiro atoms. The van der Waals surface area contributed by atoms with Gasteiger partial charge in [-0.3, -0.25) is 0 Å². The highest BCUT2D eigenvalue weighted by molar-refractivity contribution is 9.10. The number of nitrogens with zero attached hydrogens (tertiary/aromatic N) is 2. The maximum atomic E-state index is 11.7. The van der Waals surface area contributed by atoms with Crippen LogP contribution in [0.1, 0.15) is 18.5 Å². The number of methoxy groups -OCH3 is 1. The Balaban J connectivity index is 2.47. The molecular formula is C12H14BrN3O2. The number of likely N-dealkylation sites (N-methyl/N-ethyl adjacent to an activating group) is 1. The molecule has 2 amide bonds. The predicted octanol–water partition coefficient (Wildman–Crippen LogP) is 2.31. The summed E-state index contributed by atoms with van der Waals surface area (Å²) in [7, 11) is 1.60. The predicted molar refractivity (Wildman–Crippen MR) is 72.8 cm³/mol. The van der Waals surface area contributed by atoms with Crippen LogP contribution in [0.2, 0.25) is 0 Å². The van der Waals surface area contributed by atoms with Crippen LogP contribution in [0, 0.1) is 0 Å². The SMILES string of the molecule is CCN1C(=O)N=C(N)C1c1cc(OC)ccc1Br. The lowest BCUT2D eigenvalue weighted by molar-refractivity contribution is 0.209. The van der Waals surface area contributed by atoms with Crippen molar-refractivity contribution in [1.29, 1.82) is 0 Å². The quantitative estimate of drug-likeness (QED) is 0.931. The molecule has 2 rings (SSSR count). The van der Waals surface area contributed by atoms with Gasteiger partial charge in [0.1, 0.15) is 17.6 Å². The van der Waals surface area contributed by atoms with E-state index in [0.717, 1.165) is 15.8 Å². The Morgan fingerprint density at radius 3 is 2.89 bits per heavy atom. The molecule has 1 aromatic rings. The Morgan fingerprint density at radius 1 is 1.56 bits per heavy atom. The molecular weight excluding hydrogens is 298 g/mol. The number of urea groups is 1. The number of nitrogens with two attached hydrogens (primary N) is 1. The Labute approximate surface area is 114 Å². The summed E-state index contributed by atoms with van der Waals surface area (Å²) in [5, 5.41) is 0. The van der Waals surface area contributed by atoms with Crippen molar-refractivity contribution in [3.05, 3.63) is 28.2 Å². The van der Waals surface area contributed by atoms with Crippen molar-refractivity contribution in [3.63, 3.8) is 0 Å². The molecule has 1 unspecified atom stereocenters. The van der Waals surface area contributed by atoms with Crippen molar-refractivity contribution < 1.29 is 9.53 Å². The van der Waals surface area contributed by atoms with E-state index in [1.165, 1.54) is 0 Å². The van der Waals surface area contributed by atoms with E-state index in [-0.39, 0.29) is 12.1 Å². The molecule has 0 aromatic heterocycles. The third-order valence-electron chi connectivity index (χ3n) is 2.90. The molecule has 2 N–H and O–H groups in total. The van der Waals surface area contributed by atoms with E-state index in [1.807, 2.05) is 25.1 Å². The molecule has 96 valence electrons. The Hall–Kier alpha value is -1.56. The number of carbonyl (C=O) groups is 1. The summed E-state index contributed by atoms with van der Waals surface area (Å²) in [6.45, 7) is 2.45. The lowest BCUT2D eigenvalue weighted by atomic mass is 10.1. The molecule has 0 saturated heterocycles. The maximum Gasteiger partial charge on any atom is 0.346 e. The minimum absolute atomic E-state index is 0.297. The Bertz CT molecular complexity index is 516. The number of halogens is 1. The molecule has 1 aromatic carbocycles. The summed E-state index contributed by atoms with van der Waals surface area (Å²) in [6.07, 6.45) is 0. The Kier molecular flexibility index (Phi) is 3.56. The monoisotopic (exact) mass is 311 g/mol. The third-order valence-corrected chi connectivity index (χ3v) is 3.62.